The number of nitrogen functional groups attached to an aromatic ring is 1. The van der Waals surface area contributed by atoms with E-state index in [0.29, 0.717) is 5.56 Å². The molecule has 0 atom stereocenters. The smallest absolute Gasteiger partial charge is 0.0992 e. The van der Waals surface area contributed by atoms with Crippen molar-refractivity contribution in [2.24, 2.45) is 0 Å². The molecule has 0 aliphatic heterocycles. The molecule has 0 fully saturated rings. The SMILES string of the molecule is CCCN(CCN(C)C)c1cc(C#N)ccc1N. The van der Waals surface area contributed by atoms with Gasteiger partial charge >= 0.3 is 0 Å². The van der Waals surface area contributed by atoms with E-state index in [4.69, 9.17) is 11.0 Å². The normalized spacial score (nSPS) is 10.4. The molecule has 0 aliphatic rings. The van der Waals surface area contributed by atoms with Gasteiger partial charge in [0, 0.05) is 19.6 Å². The second kappa shape index (κ2) is 6.87. The fourth-order valence-electron chi connectivity index (χ4n) is 1.83. The van der Waals surface area contributed by atoms with E-state index in [1.54, 1.807) is 6.07 Å². The van der Waals surface area contributed by atoms with Crippen molar-refractivity contribution in [2.45, 2.75) is 13.3 Å². The van der Waals surface area contributed by atoms with E-state index in [9.17, 15) is 0 Å². The van der Waals surface area contributed by atoms with Crippen LogP contribution >= 0.6 is 0 Å². The van der Waals surface area contributed by atoms with Crippen LogP contribution in [-0.4, -0.2) is 38.6 Å². The molecule has 0 saturated carbocycles. The zero-order chi connectivity index (χ0) is 13.5. The Morgan fingerprint density at radius 2 is 1.94 bits per heavy atom. The highest BCUT2D eigenvalue weighted by Gasteiger charge is 2.10. The Morgan fingerprint density at radius 3 is 2.50 bits per heavy atom. The van der Waals surface area contributed by atoms with Crippen LogP contribution in [0.2, 0.25) is 0 Å². The minimum atomic E-state index is 0.658. The molecule has 0 aliphatic carbocycles. The number of benzene rings is 1. The van der Waals surface area contributed by atoms with Gasteiger partial charge in [-0.05, 0) is 38.7 Å². The lowest BCUT2D eigenvalue weighted by atomic mass is 10.1. The van der Waals surface area contributed by atoms with E-state index in [2.05, 4.69) is 36.9 Å². The van der Waals surface area contributed by atoms with Crippen LogP contribution in [0.25, 0.3) is 0 Å². The van der Waals surface area contributed by atoms with Crippen LogP contribution in [0.5, 0.6) is 0 Å². The van der Waals surface area contributed by atoms with Crippen molar-refractivity contribution in [1.82, 2.24) is 4.90 Å². The van der Waals surface area contributed by atoms with Crippen LogP contribution in [0, 0.1) is 11.3 Å². The third-order valence-electron chi connectivity index (χ3n) is 2.81. The number of rotatable bonds is 6. The molecule has 0 spiro atoms. The van der Waals surface area contributed by atoms with E-state index in [-0.39, 0.29) is 0 Å². The molecular weight excluding hydrogens is 224 g/mol. The quantitative estimate of drug-likeness (QED) is 0.779. The van der Waals surface area contributed by atoms with Gasteiger partial charge in [-0.15, -0.1) is 0 Å². The average Bonchev–Trinajstić information content (AvgIpc) is 2.35. The van der Waals surface area contributed by atoms with Gasteiger partial charge < -0.3 is 15.5 Å². The van der Waals surface area contributed by atoms with Crippen LogP contribution in [0.1, 0.15) is 18.9 Å². The molecule has 0 radical (unpaired) electrons. The van der Waals surface area contributed by atoms with Crippen molar-refractivity contribution in [3.05, 3.63) is 23.8 Å². The lowest BCUT2D eigenvalue weighted by Gasteiger charge is -2.27. The molecule has 2 N–H and O–H groups in total. The first-order valence-corrected chi connectivity index (χ1v) is 6.27. The Hall–Kier alpha value is -1.73. The van der Waals surface area contributed by atoms with Gasteiger partial charge in [0.25, 0.3) is 0 Å². The Kier molecular flexibility index (Phi) is 5.47. The van der Waals surface area contributed by atoms with Crippen molar-refractivity contribution < 1.29 is 0 Å². The molecule has 0 heterocycles. The minimum Gasteiger partial charge on any atom is -0.397 e. The van der Waals surface area contributed by atoms with Crippen molar-refractivity contribution in [3.8, 4) is 6.07 Å². The van der Waals surface area contributed by atoms with Crippen molar-refractivity contribution in [2.75, 3.05) is 44.4 Å². The molecule has 0 saturated heterocycles. The summed E-state index contributed by atoms with van der Waals surface area (Å²) in [7, 11) is 4.11. The van der Waals surface area contributed by atoms with Crippen molar-refractivity contribution >= 4 is 11.4 Å². The summed E-state index contributed by atoms with van der Waals surface area (Å²) in [5.41, 5.74) is 8.38. The number of nitrogens with zero attached hydrogens (tertiary/aromatic N) is 3. The summed E-state index contributed by atoms with van der Waals surface area (Å²) in [6.45, 7) is 4.98. The molecule has 98 valence electrons. The van der Waals surface area contributed by atoms with Gasteiger partial charge in [-0.25, -0.2) is 0 Å². The Balaban J connectivity index is 2.93. The number of hydrogen-bond acceptors (Lipinski definition) is 4. The van der Waals surface area contributed by atoms with Gasteiger partial charge in [0.1, 0.15) is 0 Å². The van der Waals surface area contributed by atoms with E-state index in [0.717, 1.165) is 37.4 Å². The Bertz CT molecular complexity index is 420. The van der Waals surface area contributed by atoms with Gasteiger partial charge in [-0.3, -0.25) is 0 Å². The molecule has 18 heavy (non-hydrogen) atoms. The zero-order valence-electron chi connectivity index (χ0n) is 11.5. The standard InChI is InChI=1S/C14H22N4/c1-4-7-18(9-8-17(2)3)14-10-12(11-15)5-6-13(14)16/h5-6,10H,4,7-9,16H2,1-3H3. The Morgan fingerprint density at radius 1 is 1.22 bits per heavy atom. The highest BCUT2D eigenvalue weighted by Crippen LogP contribution is 2.24. The summed E-state index contributed by atoms with van der Waals surface area (Å²) in [6, 6.07) is 7.61. The number of hydrogen-bond donors (Lipinski definition) is 1. The average molecular weight is 246 g/mol. The zero-order valence-corrected chi connectivity index (χ0v) is 11.5. The van der Waals surface area contributed by atoms with Crippen LogP contribution in [0.4, 0.5) is 11.4 Å². The lowest BCUT2D eigenvalue weighted by molar-refractivity contribution is 0.413. The first-order valence-electron chi connectivity index (χ1n) is 6.27. The summed E-state index contributed by atoms with van der Waals surface area (Å²) >= 11 is 0. The van der Waals surface area contributed by atoms with E-state index in [1.165, 1.54) is 0 Å². The number of nitriles is 1. The van der Waals surface area contributed by atoms with Crippen LogP contribution < -0.4 is 10.6 Å². The van der Waals surface area contributed by atoms with E-state index < -0.39 is 0 Å². The van der Waals surface area contributed by atoms with Crippen molar-refractivity contribution in [1.29, 1.82) is 5.26 Å². The van der Waals surface area contributed by atoms with Gasteiger partial charge in [0.05, 0.1) is 23.0 Å². The number of likely N-dealkylation sites (N-methyl/N-ethyl adjacent to an activating group) is 1. The van der Waals surface area contributed by atoms with Gasteiger partial charge in [0.2, 0.25) is 0 Å². The fourth-order valence-corrected chi connectivity index (χ4v) is 1.83. The third kappa shape index (κ3) is 3.94. The summed E-state index contributed by atoms with van der Waals surface area (Å²) in [6.07, 6.45) is 1.06. The molecular formula is C14H22N4. The lowest BCUT2D eigenvalue weighted by Crippen LogP contribution is -2.32. The summed E-state index contributed by atoms with van der Waals surface area (Å²) in [4.78, 5) is 4.39. The van der Waals surface area contributed by atoms with E-state index >= 15 is 0 Å². The molecule has 0 aromatic heterocycles. The van der Waals surface area contributed by atoms with E-state index in [1.807, 2.05) is 12.1 Å². The summed E-state index contributed by atoms with van der Waals surface area (Å²) < 4.78 is 0. The second-order valence-corrected chi connectivity index (χ2v) is 4.68. The van der Waals surface area contributed by atoms with Crippen LogP contribution in [0.3, 0.4) is 0 Å². The van der Waals surface area contributed by atoms with Crippen LogP contribution in [0.15, 0.2) is 18.2 Å². The topological polar surface area (TPSA) is 56.3 Å². The molecule has 0 unspecified atom stereocenters. The highest BCUT2D eigenvalue weighted by atomic mass is 15.2. The summed E-state index contributed by atoms with van der Waals surface area (Å²) in [5, 5.41) is 8.97. The summed E-state index contributed by atoms with van der Waals surface area (Å²) in [5.74, 6) is 0. The predicted molar refractivity (Wildman–Crippen MR) is 76.6 cm³/mol. The molecule has 4 heteroatoms. The van der Waals surface area contributed by atoms with Crippen LogP contribution in [-0.2, 0) is 0 Å². The third-order valence-corrected chi connectivity index (χ3v) is 2.81. The molecule has 1 aromatic carbocycles. The minimum absolute atomic E-state index is 0.658. The molecule has 1 rings (SSSR count). The molecule has 0 amide bonds. The first-order chi connectivity index (χ1) is 8.58. The highest BCUT2D eigenvalue weighted by molar-refractivity contribution is 5.69. The van der Waals surface area contributed by atoms with Gasteiger partial charge in [-0.2, -0.15) is 5.26 Å². The number of nitrogens with two attached hydrogens (primary N) is 1. The maximum atomic E-state index is 8.97. The number of anilines is 2. The van der Waals surface area contributed by atoms with Gasteiger partial charge in [0.15, 0.2) is 0 Å². The second-order valence-electron chi connectivity index (χ2n) is 4.68. The molecule has 4 nitrogen and oxygen atoms in total. The predicted octanol–water partition coefficient (Wildman–Crippen LogP) is 1.92. The van der Waals surface area contributed by atoms with Crippen molar-refractivity contribution in [3.63, 3.8) is 0 Å². The maximum Gasteiger partial charge on any atom is 0.0992 e. The molecule has 0 bridgehead atoms. The largest absolute Gasteiger partial charge is 0.397 e. The Labute approximate surface area is 110 Å². The fraction of sp³-hybridized carbons (Fsp3) is 0.500. The monoisotopic (exact) mass is 246 g/mol. The first kappa shape index (κ1) is 14.3. The molecule has 1 aromatic rings. The maximum absolute atomic E-state index is 8.97. The van der Waals surface area contributed by atoms with Gasteiger partial charge in [-0.1, -0.05) is 6.92 Å².